The summed E-state index contributed by atoms with van der Waals surface area (Å²) in [5, 5.41) is 0.719. The van der Waals surface area contributed by atoms with Crippen molar-refractivity contribution in [3.05, 3.63) is 40.7 Å². The second-order valence-corrected chi connectivity index (χ2v) is 9.10. The summed E-state index contributed by atoms with van der Waals surface area (Å²) in [6, 6.07) is 7.78. The molecule has 1 aromatic heterocycles. The molecule has 0 aliphatic carbocycles. The van der Waals surface area contributed by atoms with Gasteiger partial charge >= 0.3 is 0 Å². The number of aromatic nitrogens is 1. The van der Waals surface area contributed by atoms with Crippen molar-refractivity contribution < 1.29 is 8.90 Å². The van der Waals surface area contributed by atoms with Crippen molar-refractivity contribution in [2.24, 2.45) is 0 Å². The molecule has 1 aromatic carbocycles. The van der Waals surface area contributed by atoms with Gasteiger partial charge in [0.1, 0.15) is 18.0 Å². The molecular weight excluding hydrogens is 370 g/mol. The minimum absolute atomic E-state index is 0.697. The molecule has 4 rings (SSSR count). The standard InChI is InChI=1S/C23H33ClN3O/c1-19-22(25-23(28-19)20-9-7-10-21(24)17-20)18-27(14-5-2-6-15-27)16-8-13-26-11-3-4-12-26/h7,9-10,17H,2-6,8,11-16,18H2,1H3/q+1. The van der Waals surface area contributed by atoms with Gasteiger partial charge in [0, 0.05) is 23.6 Å². The minimum Gasteiger partial charge on any atom is -0.441 e. The molecule has 0 atom stereocenters. The summed E-state index contributed by atoms with van der Waals surface area (Å²) in [5.41, 5.74) is 2.08. The van der Waals surface area contributed by atoms with E-state index < -0.39 is 0 Å². The van der Waals surface area contributed by atoms with Crippen molar-refractivity contribution in [1.29, 1.82) is 0 Å². The molecule has 152 valence electrons. The first-order chi connectivity index (χ1) is 13.6. The number of quaternary nitrogens is 1. The quantitative estimate of drug-likeness (QED) is 0.589. The van der Waals surface area contributed by atoms with Gasteiger partial charge in [-0.05, 0) is 70.3 Å². The van der Waals surface area contributed by atoms with Crippen LogP contribution in [0.1, 0.15) is 50.0 Å². The van der Waals surface area contributed by atoms with E-state index in [-0.39, 0.29) is 0 Å². The van der Waals surface area contributed by atoms with Gasteiger partial charge in [-0.25, -0.2) is 4.98 Å². The third-order valence-electron chi connectivity index (χ3n) is 6.52. The fourth-order valence-electron chi connectivity index (χ4n) is 4.92. The van der Waals surface area contributed by atoms with Crippen LogP contribution in [0.15, 0.2) is 28.7 Å². The van der Waals surface area contributed by atoms with Gasteiger partial charge in [0.15, 0.2) is 0 Å². The highest BCUT2D eigenvalue weighted by molar-refractivity contribution is 6.30. The van der Waals surface area contributed by atoms with E-state index in [1.54, 1.807) is 0 Å². The Morgan fingerprint density at radius 2 is 1.89 bits per heavy atom. The number of nitrogens with zero attached hydrogens (tertiary/aromatic N) is 3. The molecule has 3 heterocycles. The highest BCUT2D eigenvalue weighted by Crippen LogP contribution is 2.28. The van der Waals surface area contributed by atoms with Crippen LogP contribution in [0, 0.1) is 6.92 Å². The molecule has 0 amide bonds. The van der Waals surface area contributed by atoms with E-state index in [1.807, 2.05) is 24.3 Å². The first-order valence-electron chi connectivity index (χ1n) is 10.9. The molecular formula is C23H33ClN3O+. The first kappa shape index (κ1) is 19.9. The summed E-state index contributed by atoms with van der Waals surface area (Å²) < 4.78 is 7.22. The molecule has 5 heteroatoms. The number of hydrogen-bond donors (Lipinski definition) is 0. The van der Waals surface area contributed by atoms with Gasteiger partial charge in [-0.3, -0.25) is 0 Å². The lowest BCUT2D eigenvalue weighted by Gasteiger charge is -2.41. The lowest BCUT2D eigenvalue weighted by atomic mass is 10.1. The minimum atomic E-state index is 0.697. The van der Waals surface area contributed by atoms with Crippen molar-refractivity contribution in [3.63, 3.8) is 0 Å². The molecule has 2 saturated heterocycles. The number of halogens is 1. The van der Waals surface area contributed by atoms with Crippen LogP contribution in [-0.4, -0.2) is 53.6 Å². The summed E-state index contributed by atoms with van der Waals surface area (Å²) in [4.78, 5) is 7.53. The van der Waals surface area contributed by atoms with E-state index in [4.69, 9.17) is 21.0 Å². The molecule has 2 aliphatic rings. The summed E-state index contributed by atoms with van der Waals surface area (Å²) in [6.07, 6.45) is 8.09. The maximum absolute atomic E-state index is 6.15. The van der Waals surface area contributed by atoms with E-state index in [1.165, 1.54) is 82.3 Å². The normalized spacial score (nSPS) is 19.9. The topological polar surface area (TPSA) is 29.3 Å². The van der Waals surface area contributed by atoms with Crippen LogP contribution in [0.2, 0.25) is 5.02 Å². The van der Waals surface area contributed by atoms with Crippen LogP contribution < -0.4 is 0 Å². The number of likely N-dealkylation sites (tertiary alicyclic amines) is 2. The smallest absolute Gasteiger partial charge is 0.226 e. The summed E-state index contributed by atoms with van der Waals surface area (Å²) in [6.45, 7) is 10.7. The van der Waals surface area contributed by atoms with Crippen LogP contribution >= 0.6 is 11.6 Å². The van der Waals surface area contributed by atoms with Crippen molar-refractivity contribution in [2.45, 2.75) is 52.0 Å². The fourth-order valence-corrected chi connectivity index (χ4v) is 5.11. The zero-order valence-electron chi connectivity index (χ0n) is 17.1. The maximum Gasteiger partial charge on any atom is 0.226 e. The molecule has 2 aliphatic heterocycles. The van der Waals surface area contributed by atoms with Gasteiger partial charge in [-0.1, -0.05) is 17.7 Å². The Hall–Kier alpha value is -1.36. The van der Waals surface area contributed by atoms with Crippen LogP contribution in [0.4, 0.5) is 0 Å². The Bertz CT molecular complexity index is 776. The zero-order chi connectivity index (χ0) is 19.4. The zero-order valence-corrected chi connectivity index (χ0v) is 17.9. The SMILES string of the molecule is Cc1oc(-c2cccc(Cl)c2)nc1C[N+]1(CCCN2CCCC2)CCCCC1. The van der Waals surface area contributed by atoms with Gasteiger partial charge < -0.3 is 13.8 Å². The highest BCUT2D eigenvalue weighted by atomic mass is 35.5. The van der Waals surface area contributed by atoms with E-state index in [9.17, 15) is 0 Å². The first-order valence-corrected chi connectivity index (χ1v) is 11.3. The van der Waals surface area contributed by atoms with Crippen LogP contribution in [-0.2, 0) is 6.54 Å². The monoisotopic (exact) mass is 402 g/mol. The number of rotatable bonds is 7. The molecule has 0 N–H and O–H groups in total. The van der Waals surface area contributed by atoms with E-state index in [2.05, 4.69) is 11.8 Å². The number of hydrogen-bond acceptors (Lipinski definition) is 3. The largest absolute Gasteiger partial charge is 0.441 e. The van der Waals surface area contributed by atoms with Crippen molar-refractivity contribution in [2.75, 3.05) is 39.3 Å². The highest BCUT2D eigenvalue weighted by Gasteiger charge is 2.32. The molecule has 0 unspecified atom stereocenters. The maximum atomic E-state index is 6.15. The second-order valence-electron chi connectivity index (χ2n) is 8.67. The Morgan fingerprint density at radius 1 is 1.11 bits per heavy atom. The predicted octanol–water partition coefficient (Wildman–Crippen LogP) is 5.29. The molecule has 0 saturated carbocycles. The third-order valence-corrected chi connectivity index (χ3v) is 6.75. The van der Waals surface area contributed by atoms with Gasteiger partial charge in [0.05, 0.1) is 19.6 Å². The number of aryl methyl sites for hydroxylation is 1. The summed E-state index contributed by atoms with van der Waals surface area (Å²) >= 11 is 6.15. The van der Waals surface area contributed by atoms with E-state index in [0.29, 0.717) is 5.89 Å². The summed E-state index contributed by atoms with van der Waals surface area (Å²) in [7, 11) is 0. The molecule has 0 radical (unpaired) electrons. The summed E-state index contributed by atoms with van der Waals surface area (Å²) in [5.74, 6) is 1.65. The number of oxazole rings is 1. The lowest BCUT2D eigenvalue weighted by molar-refractivity contribution is -0.945. The average molecular weight is 403 g/mol. The lowest BCUT2D eigenvalue weighted by Crippen LogP contribution is -2.52. The van der Waals surface area contributed by atoms with E-state index in [0.717, 1.165) is 28.6 Å². The predicted molar refractivity (Wildman–Crippen MR) is 114 cm³/mol. The van der Waals surface area contributed by atoms with Crippen molar-refractivity contribution in [3.8, 4) is 11.5 Å². The van der Waals surface area contributed by atoms with Gasteiger partial charge in [0.25, 0.3) is 0 Å². The molecule has 4 nitrogen and oxygen atoms in total. The Morgan fingerprint density at radius 3 is 2.64 bits per heavy atom. The molecule has 28 heavy (non-hydrogen) atoms. The van der Waals surface area contributed by atoms with Crippen LogP contribution in [0.5, 0.6) is 0 Å². The van der Waals surface area contributed by atoms with Crippen LogP contribution in [0.3, 0.4) is 0 Å². The molecule has 0 spiro atoms. The van der Waals surface area contributed by atoms with Crippen LogP contribution in [0.25, 0.3) is 11.5 Å². The molecule has 2 fully saturated rings. The molecule has 0 bridgehead atoms. The van der Waals surface area contributed by atoms with Gasteiger partial charge in [-0.15, -0.1) is 0 Å². The fraction of sp³-hybridized carbons (Fsp3) is 0.609. The van der Waals surface area contributed by atoms with Gasteiger partial charge in [0.2, 0.25) is 5.89 Å². The molecule has 2 aromatic rings. The third kappa shape index (κ3) is 4.79. The Labute approximate surface area is 174 Å². The Kier molecular flexibility index (Phi) is 6.39. The van der Waals surface area contributed by atoms with Crippen molar-refractivity contribution >= 4 is 11.6 Å². The Balaban J connectivity index is 1.47. The number of piperidine rings is 1. The number of benzene rings is 1. The van der Waals surface area contributed by atoms with Crippen molar-refractivity contribution in [1.82, 2.24) is 9.88 Å². The van der Waals surface area contributed by atoms with E-state index >= 15 is 0 Å². The second kappa shape index (κ2) is 8.98. The average Bonchev–Trinajstić information content (AvgIpc) is 3.33. The van der Waals surface area contributed by atoms with Gasteiger partial charge in [-0.2, -0.15) is 0 Å².